The minimum Gasteiger partial charge on any atom is -0.455 e. The summed E-state index contributed by atoms with van der Waals surface area (Å²) >= 11 is 0. The van der Waals surface area contributed by atoms with Gasteiger partial charge in [0.25, 0.3) is 5.91 Å². The first-order valence-corrected chi connectivity index (χ1v) is 12.9. The van der Waals surface area contributed by atoms with Crippen LogP contribution in [0, 0.1) is 0 Å². The number of pyridine rings is 2. The van der Waals surface area contributed by atoms with E-state index in [9.17, 15) is 14.7 Å². The van der Waals surface area contributed by atoms with Gasteiger partial charge in [-0.2, -0.15) is 0 Å². The van der Waals surface area contributed by atoms with E-state index in [2.05, 4.69) is 21.0 Å². The van der Waals surface area contributed by atoms with Gasteiger partial charge in [-0.15, -0.1) is 0 Å². The lowest BCUT2D eigenvalue weighted by Gasteiger charge is -2.30. The number of H-pyrrole nitrogens is 1. The Labute approximate surface area is 220 Å². The van der Waals surface area contributed by atoms with Gasteiger partial charge in [0, 0.05) is 49.2 Å². The van der Waals surface area contributed by atoms with Crippen LogP contribution in [0.1, 0.15) is 53.8 Å². The van der Waals surface area contributed by atoms with Crippen molar-refractivity contribution in [2.24, 2.45) is 0 Å². The quantitative estimate of drug-likeness (QED) is 0.396. The Kier molecular flexibility index (Phi) is 6.29. The third kappa shape index (κ3) is 4.50. The van der Waals surface area contributed by atoms with Crippen LogP contribution < -0.4 is 4.74 Å². The lowest BCUT2D eigenvalue weighted by Crippen LogP contribution is -2.42. The fourth-order valence-electron chi connectivity index (χ4n) is 5.18. The van der Waals surface area contributed by atoms with Crippen LogP contribution in [0.4, 0.5) is 0 Å². The molecule has 2 N–H and O–H groups in total. The van der Waals surface area contributed by atoms with Crippen LogP contribution in [0.15, 0.2) is 54.9 Å². The van der Waals surface area contributed by atoms with E-state index in [4.69, 9.17) is 4.74 Å². The molecule has 1 unspecified atom stereocenters. The van der Waals surface area contributed by atoms with E-state index in [0.29, 0.717) is 23.7 Å². The van der Waals surface area contributed by atoms with Gasteiger partial charge in [0.2, 0.25) is 5.91 Å². The lowest BCUT2D eigenvalue weighted by molar-refractivity contribution is -0.129. The third-order valence-electron chi connectivity index (χ3n) is 7.38. The molecule has 0 aliphatic carbocycles. The van der Waals surface area contributed by atoms with Crippen LogP contribution in [0.25, 0.3) is 22.3 Å². The highest BCUT2D eigenvalue weighted by Crippen LogP contribution is 2.41. The molecule has 9 heteroatoms. The predicted octanol–water partition coefficient (Wildman–Crippen LogP) is 4.44. The molecule has 2 fully saturated rings. The van der Waals surface area contributed by atoms with E-state index in [1.54, 1.807) is 36.4 Å². The van der Waals surface area contributed by atoms with Crippen molar-refractivity contribution in [2.75, 3.05) is 19.6 Å². The summed E-state index contributed by atoms with van der Waals surface area (Å²) in [6, 6.07) is 13.1. The summed E-state index contributed by atoms with van der Waals surface area (Å²) < 4.78 is 6.36. The van der Waals surface area contributed by atoms with Crippen LogP contribution in [0.2, 0.25) is 0 Å². The Morgan fingerprint density at radius 1 is 1.05 bits per heavy atom. The number of hydrogen-bond donors (Lipinski definition) is 2. The lowest BCUT2D eigenvalue weighted by atomic mass is 10.0. The van der Waals surface area contributed by atoms with Crippen molar-refractivity contribution in [3.8, 4) is 22.9 Å². The van der Waals surface area contributed by atoms with Crippen LogP contribution in [-0.2, 0) is 11.4 Å². The summed E-state index contributed by atoms with van der Waals surface area (Å²) in [6.45, 7) is 3.80. The molecule has 2 aliphatic heterocycles. The number of nitrogens with zero attached hydrogens (tertiary/aromatic N) is 4. The molecule has 5 heterocycles. The standard InChI is InChI=1S/C29H29N5O4/c1-18(36)34-11-2-4-27(34)22-14-25-20(12-26(32-25)23-7-5-19(17-35)15-30-23)13-28(22)38-21-6-8-24(31-16-21)29(37)33-9-3-10-33/h5-8,12-16,27,32,35H,2-4,9-11,17H2,1H3. The maximum absolute atomic E-state index is 12.5. The minimum atomic E-state index is -0.0964. The summed E-state index contributed by atoms with van der Waals surface area (Å²) in [5.74, 6) is 1.14. The highest BCUT2D eigenvalue weighted by molar-refractivity contribution is 5.93. The van der Waals surface area contributed by atoms with Crippen molar-refractivity contribution in [2.45, 2.75) is 38.8 Å². The van der Waals surface area contributed by atoms with E-state index in [1.807, 2.05) is 29.2 Å². The number of fused-ring (bicyclic) bond motifs is 1. The second kappa shape index (κ2) is 9.90. The number of rotatable bonds is 6. The van der Waals surface area contributed by atoms with E-state index >= 15 is 0 Å². The molecule has 2 amide bonds. The van der Waals surface area contributed by atoms with E-state index in [0.717, 1.165) is 65.8 Å². The second-order valence-corrected chi connectivity index (χ2v) is 9.87. The molecule has 1 aromatic carbocycles. The number of nitrogens with one attached hydrogen (secondary N) is 1. The average molecular weight is 512 g/mol. The van der Waals surface area contributed by atoms with Gasteiger partial charge < -0.3 is 24.6 Å². The fraction of sp³-hybridized carbons (Fsp3) is 0.310. The monoisotopic (exact) mass is 511 g/mol. The Hall–Kier alpha value is -4.24. The van der Waals surface area contributed by atoms with Gasteiger partial charge in [0.05, 0.1) is 30.2 Å². The van der Waals surface area contributed by atoms with Crippen molar-refractivity contribution in [3.63, 3.8) is 0 Å². The van der Waals surface area contributed by atoms with Gasteiger partial charge in [-0.3, -0.25) is 14.6 Å². The van der Waals surface area contributed by atoms with Crippen LogP contribution in [-0.4, -0.2) is 61.3 Å². The molecule has 2 saturated heterocycles. The number of ether oxygens (including phenoxy) is 1. The number of carbonyl (C=O) groups excluding carboxylic acids is 2. The maximum Gasteiger partial charge on any atom is 0.272 e. The summed E-state index contributed by atoms with van der Waals surface area (Å²) in [5.41, 5.74) is 4.60. The zero-order chi connectivity index (χ0) is 26.2. The Balaban J connectivity index is 1.36. The molecule has 0 saturated carbocycles. The molecule has 1 atom stereocenters. The predicted molar refractivity (Wildman–Crippen MR) is 142 cm³/mol. The molecule has 6 rings (SSSR count). The SMILES string of the molecule is CC(=O)N1CCCC1c1cc2[nH]c(-c3ccc(CO)cn3)cc2cc1Oc1ccc(C(=O)N2CCC2)nc1. The molecular formula is C29H29N5O4. The Morgan fingerprint density at radius 2 is 1.92 bits per heavy atom. The van der Waals surface area contributed by atoms with Gasteiger partial charge >= 0.3 is 0 Å². The van der Waals surface area contributed by atoms with Gasteiger partial charge in [0.1, 0.15) is 17.2 Å². The van der Waals surface area contributed by atoms with Gasteiger partial charge in [-0.1, -0.05) is 6.07 Å². The van der Waals surface area contributed by atoms with Crippen molar-refractivity contribution in [3.05, 3.63) is 71.7 Å². The number of carbonyl (C=O) groups is 2. The molecule has 3 aromatic heterocycles. The maximum atomic E-state index is 12.5. The summed E-state index contributed by atoms with van der Waals surface area (Å²) in [5, 5.41) is 10.3. The number of aromatic amines is 1. The van der Waals surface area contributed by atoms with E-state index in [-0.39, 0.29) is 24.5 Å². The van der Waals surface area contributed by atoms with Crippen LogP contribution in [0.3, 0.4) is 0 Å². The number of aromatic nitrogens is 3. The average Bonchev–Trinajstić information content (AvgIpc) is 3.55. The molecule has 0 spiro atoms. The second-order valence-electron chi connectivity index (χ2n) is 9.87. The summed E-state index contributed by atoms with van der Waals surface area (Å²) in [4.78, 5) is 40.8. The molecule has 4 aromatic rings. The highest BCUT2D eigenvalue weighted by atomic mass is 16.5. The van der Waals surface area contributed by atoms with Gasteiger partial charge in [-0.05, 0) is 61.2 Å². The fourth-order valence-corrected chi connectivity index (χ4v) is 5.18. The number of benzene rings is 1. The number of hydrogen-bond acceptors (Lipinski definition) is 6. The summed E-state index contributed by atoms with van der Waals surface area (Å²) in [7, 11) is 0. The summed E-state index contributed by atoms with van der Waals surface area (Å²) in [6.07, 6.45) is 6.04. The third-order valence-corrected chi connectivity index (χ3v) is 7.38. The van der Waals surface area contributed by atoms with Gasteiger partial charge in [-0.25, -0.2) is 4.98 Å². The first-order chi connectivity index (χ1) is 18.5. The molecular weight excluding hydrogens is 482 g/mol. The van der Waals surface area contributed by atoms with Gasteiger partial charge in [0.15, 0.2) is 0 Å². The Bertz CT molecular complexity index is 1490. The van der Waals surface area contributed by atoms with Crippen molar-refractivity contribution >= 4 is 22.7 Å². The topological polar surface area (TPSA) is 112 Å². The van der Waals surface area contributed by atoms with E-state index < -0.39 is 0 Å². The minimum absolute atomic E-state index is 0.0365. The van der Waals surface area contributed by atoms with Crippen LogP contribution in [0.5, 0.6) is 11.5 Å². The zero-order valence-electron chi connectivity index (χ0n) is 21.2. The van der Waals surface area contributed by atoms with Crippen molar-refractivity contribution in [1.82, 2.24) is 24.8 Å². The van der Waals surface area contributed by atoms with Crippen LogP contribution >= 0.6 is 0 Å². The molecule has 194 valence electrons. The first-order valence-electron chi connectivity index (χ1n) is 12.9. The normalized spacial score (nSPS) is 17.1. The number of amides is 2. The number of aliphatic hydroxyl groups excluding tert-OH is 1. The first kappa shape index (κ1) is 24.1. The molecule has 0 bridgehead atoms. The molecule has 38 heavy (non-hydrogen) atoms. The molecule has 0 radical (unpaired) electrons. The smallest absolute Gasteiger partial charge is 0.272 e. The largest absolute Gasteiger partial charge is 0.455 e. The highest BCUT2D eigenvalue weighted by Gasteiger charge is 2.31. The molecule has 9 nitrogen and oxygen atoms in total. The molecule has 2 aliphatic rings. The number of aliphatic hydroxyl groups is 1. The van der Waals surface area contributed by atoms with Crippen molar-refractivity contribution in [1.29, 1.82) is 0 Å². The zero-order valence-corrected chi connectivity index (χ0v) is 21.2. The number of likely N-dealkylation sites (tertiary alicyclic amines) is 2. The van der Waals surface area contributed by atoms with Crippen molar-refractivity contribution < 1.29 is 19.4 Å². The van der Waals surface area contributed by atoms with E-state index in [1.165, 1.54) is 0 Å². The Morgan fingerprint density at radius 3 is 2.58 bits per heavy atom.